The zero-order chi connectivity index (χ0) is 30.2. The van der Waals surface area contributed by atoms with Gasteiger partial charge in [-0.2, -0.15) is 4.98 Å². The van der Waals surface area contributed by atoms with Gasteiger partial charge in [0.05, 0.1) is 24.1 Å². The number of nitrogens with zero attached hydrogens (tertiary/aromatic N) is 4. The van der Waals surface area contributed by atoms with Gasteiger partial charge in [-0.15, -0.1) is 0 Å². The van der Waals surface area contributed by atoms with Gasteiger partial charge in [-0.05, 0) is 50.8 Å². The summed E-state index contributed by atoms with van der Waals surface area (Å²) < 4.78 is 7.76. The number of aryl methyl sites for hydroxylation is 2. The molecule has 0 aliphatic rings. The van der Waals surface area contributed by atoms with Crippen molar-refractivity contribution in [2.24, 2.45) is 0 Å². The van der Waals surface area contributed by atoms with Crippen LogP contribution in [-0.2, 0) is 0 Å². The fourth-order valence-corrected chi connectivity index (χ4v) is 5.20. The van der Waals surface area contributed by atoms with E-state index in [1.165, 1.54) is 18.4 Å². The number of benzene rings is 3. The first kappa shape index (κ1) is 29.8. The minimum atomic E-state index is -0.340. The molecule has 0 aliphatic heterocycles. The average molecular weight is 581 g/mol. The van der Waals surface area contributed by atoms with E-state index in [0.717, 1.165) is 48.9 Å². The second-order valence-electron chi connectivity index (χ2n) is 10.9. The smallest absolute Gasteiger partial charge is 0.255 e. The molecule has 0 atom stereocenters. The molecule has 9 nitrogen and oxygen atoms in total. The van der Waals surface area contributed by atoms with Crippen molar-refractivity contribution in [3.05, 3.63) is 77.7 Å². The summed E-state index contributed by atoms with van der Waals surface area (Å²) >= 11 is 0. The molecule has 0 bridgehead atoms. The lowest BCUT2D eigenvalue weighted by Gasteiger charge is -2.14. The SMILES string of the molecule is CCCCCCNc1ncc2ncn(-c3cc(C(=O)NCCCCOc4ccc(C)cc4C)c(O)c4ccccc34)c2n1. The Morgan fingerprint density at radius 1 is 0.953 bits per heavy atom. The van der Waals surface area contributed by atoms with Crippen molar-refractivity contribution in [3.8, 4) is 17.2 Å². The summed E-state index contributed by atoms with van der Waals surface area (Å²) in [4.78, 5) is 27.0. The lowest BCUT2D eigenvalue weighted by molar-refractivity contribution is 0.0950. The Labute approximate surface area is 252 Å². The molecule has 0 radical (unpaired) electrons. The number of unbranched alkanes of at least 4 members (excludes halogenated alkanes) is 4. The molecule has 0 saturated carbocycles. The van der Waals surface area contributed by atoms with E-state index in [1.54, 1.807) is 18.6 Å². The maximum atomic E-state index is 13.3. The molecule has 0 aliphatic carbocycles. The Kier molecular flexibility index (Phi) is 9.71. The van der Waals surface area contributed by atoms with Crippen LogP contribution in [0.5, 0.6) is 11.5 Å². The van der Waals surface area contributed by atoms with Crippen molar-refractivity contribution in [2.75, 3.05) is 25.0 Å². The van der Waals surface area contributed by atoms with Gasteiger partial charge in [0.25, 0.3) is 5.91 Å². The minimum absolute atomic E-state index is 0.0523. The van der Waals surface area contributed by atoms with E-state index < -0.39 is 0 Å². The zero-order valence-electron chi connectivity index (χ0n) is 25.2. The zero-order valence-corrected chi connectivity index (χ0v) is 25.2. The molecule has 0 saturated heterocycles. The summed E-state index contributed by atoms with van der Waals surface area (Å²) in [6.07, 6.45) is 9.52. The Bertz CT molecular complexity index is 1710. The number of amides is 1. The molecule has 3 aromatic carbocycles. The second kappa shape index (κ2) is 14.0. The predicted molar refractivity (Wildman–Crippen MR) is 171 cm³/mol. The third-order valence-corrected chi connectivity index (χ3v) is 7.55. The van der Waals surface area contributed by atoms with Crippen molar-refractivity contribution in [2.45, 2.75) is 59.3 Å². The van der Waals surface area contributed by atoms with Crippen molar-refractivity contribution in [1.29, 1.82) is 0 Å². The van der Waals surface area contributed by atoms with Gasteiger partial charge in [0.15, 0.2) is 5.65 Å². The van der Waals surface area contributed by atoms with Crippen LogP contribution in [0.1, 0.15) is 66.9 Å². The summed E-state index contributed by atoms with van der Waals surface area (Å²) in [7, 11) is 0. The largest absolute Gasteiger partial charge is 0.506 e. The highest BCUT2D eigenvalue weighted by atomic mass is 16.5. The molecule has 2 heterocycles. The fourth-order valence-electron chi connectivity index (χ4n) is 5.20. The van der Waals surface area contributed by atoms with Crippen molar-refractivity contribution in [3.63, 3.8) is 0 Å². The van der Waals surface area contributed by atoms with Crippen LogP contribution in [0.2, 0.25) is 0 Å². The Morgan fingerprint density at radius 2 is 1.77 bits per heavy atom. The number of aromatic nitrogens is 4. The number of ether oxygens (including phenoxy) is 1. The highest BCUT2D eigenvalue weighted by Crippen LogP contribution is 2.35. The number of fused-ring (bicyclic) bond motifs is 2. The van der Waals surface area contributed by atoms with Gasteiger partial charge in [-0.1, -0.05) is 68.1 Å². The number of hydrogen-bond donors (Lipinski definition) is 3. The molecule has 224 valence electrons. The van der Waals surface area contributed by atoms with Gasteiger partial charge in [0, 0.05) is 23.9 Å². The van der Waals surface area contributed by atoms with E-state index in [4.69, 9.17) is 9.72 Å². The minimum Gasteiger partial charge on any atom is -0.506 e. The number of phenols is 1. The van der Waals surface area contributed by atoms with E-state index in [0.29, 0.717) is 41.3 Å². The summed E-state index contributed by atoms with van der Waals surface area (Å²) in [6.45, 7) is 8.12. The number of hydrogen-bond acceptors (Lipinski definition) is 7. The first-order chi connectivity index (χ1) is 21.0. The predicted octanol–water partition coefficient (Wildman–Crippen LogP) is 6.87. The van der Waals surface area contributed by atoms with Crippen molar-refractivity contribution >= 4 is 33.8 Å². The van der Waals surface area contributed by atoms with Gasteiger partial charge in [0.2, 0.25) is 5.95 Å². The van der Waals surface area contributed by atoms with Crippen molar-refractivity contribution in [1.82, 2.24) is 24.8 Å². The van der Waals surface area contributed by atoms with Crippen LogP contribution in [0.25, 0.3) is 27.6 Å². The number of phenolic OH excluding ortho intramolecular Hbond substituents is 1. The molecule has 0 unspecified atom stereocenters. The molecule has 5 rings (SSSR count). The molecule has 1 amide bonds. The highest BCUT2D eigenvalue weighted by Gasteiger charge is 2.19. The van der Waals surface area contributed by atoms with Crippen LogP contribution in [0.4, 0.5) is 5.95 Å². The van der Waals surface area contributed by atoms with E-state index in [2.05, 4.69) is 40.5 Å². The van der Waals surface area contributed by atoms with Gasteiger partial charge < -0.3 is 20.5 Å². The first-order valence-corrected chi connectivity index (χ1v) is 15.1. The van der Waals surface area contributed by atoms with Crippen LogP contribution >= 0.6 is 0 Å². The maximum Gasteiger partial charge on any atom is 0.255 e. The third-order valence-electron chi connectivity index (χ3n) is 7.55. The average Bonchev–Trinajstić information content (AvgIpc) is 3.43. The van der Waals surface area contributed by atoms with Crippen molar-refractivity contribution < 1.29 is 14.6 Å². The van der Waals surface area contributed by atoms with Gasteiger partial charge in [-0.25, -0.2) is 9.97 Å². The molecule has 5 aromatic rings. The van der Waals surface area contributed by atoms with Gasteiger partial charge in [0.1, 0.15) is 23.3 Å². The third kappa shape index (κ3) is 7.05. The number of carbonyl (C=O) groups excluding carboxylic acids is 1. The Balaban J connectivity index is 1.30. The van der Waals surface area contributed by atoms with Gasteiger partial charge >= 0.3 is 0 Å². The summed E-state index contributed by atoms with van der Waals surface area (Å²) in [5.74, 6) is 1.03. The van der Waals surface area contributed by atoms with E-state index in [-0.39, 0.29) is 17.2 Å². The molecule has 3 N–H and O–H groups in total. The van der Waals surface area contributed by atoms with E-state index in [1.807, 2.05) is 47.9 Å². The Hall–Kier alpha value is -4.66. The molecule has 2 aromatic heterocycles. The monoisotopic (exact) mass is 580 g/mol. The summed E-state index contributed by atoms with van der Waals surface area (Å²) in [6, 6.07) is 15.3. The van der Waals surface area contributed by atoms with Crippen LogP contribution in [0.15, 0.2) is 61.1 Å². The molecule has 0 fully saturated rings. The maximum absolute atomic E-state index is 13.3. The number of imidazole rings is 1. The molecule has 43 heavy (non-hydrogen) atoms. The highest BCUT2D eigenvalue weighted by molar-refractivity contribution is 6.07. The molecule has 9 heteroatoms. The lowest BCUT2D eigenvalue weighted by Crippen LogP contribution is -2.25. The fraction of sp³-hybridized carbons (Fsp3) is 0.353. The number of aromatic hydroxyl groups is 1. The van der Waals surface area contributed by atoms with Crippen LogP contribution in [0.3, 0.4) is 0 Å². The standard InChI is InChI=1S/C34H40N6O3/c1-4-5-6-9-17-36-34-37-21-28-32(39-34)40(22-38-28)29-20-27(31(41)26-13-8-7-12-25(26)29)33(42)35-16-10-11-18-43-30-15-14-23(2)19-24(30)3/h7-8,12-15,19-22,41H,4-6,9-11,16-18H2,1-3H3,(H,35,42)(H,36,37,39). The Morgan fingerprint density at radius 3 is 2.58 bits per heavy atom. The molecule has 0 spiro atoms. The van der Waals surface area contributed by atoms with E-state index in [9.17, 15) is 9.90 Å². The van der Waals surface area contributed by atoms with Gasteiger partial charge in [-0.3, -0.25) is 9.36 Å². The van der Waals surface area contributed by atoms with Crippen LogP contribution in [0, 0.1) is 13.8 Å². The number of carbonyl (C=O) groups is 1. The summed E-state index contributed by atoms with van der Waals surface area (Å²) in [5, 5.41) is 18.8. The normalized spacial score (nSPS) is 11.2. The van der Waals surface area contributed by atoms with E-state index >= 15 is 0 Å². The molecular weight excluding hydrogens is 540 g/mol. The topological polar surface area (TPSA) is 114 Å². The number of anilines is 1. The summed E-state index contributed by atoms with van der Waals surface area (Å²) in [5.41, 5.74) is 4.49. The molecular formula is C34H40N6O3. The van der Waals surface area contributed by atoms with Crippen LogP contribution in [-0.4, -0.2) is 50.2 Å². The second-order valence-corrected chi connectivity index (χ2v) is 10.9. The number of rotatable bonds is 14. The first-order valence-electron chi connectivity index (χ1n) is 15.1. The van der Waals surface area contributed by atoms with Crippen LogP contribution < -0.4 is 15.4 Å². The lowest BCUT2D eigenvalue weighted by atomic mass is 10.0. The number of nitrogens with one attached hydrogen (secondary N) is 2. The quantitative estimate of drug-likeness (QED) is 0.123.